The first-order chi connectivity index (χ1) is 9.74. The number of para-hydroxylation sites is 2. The van der Waals surface area contributed by atoms with Gasteiger partial charge >= 0.3 is 0 Å². The van der Waals surface area contributed by atoms with Crippen molar-refractivity contribution in [3.05, 3.63) is 30.1 Å². The Kier molecular flexibility index (Phi) is 5.16. The van der Waals surface area contributed by atoms with Crippen LogP contribution in [0.4, 0.5) is 0 Å². The predicted octanol–water partition coefficient (Wildman–Crippen LogP) is 3.40. The molecule has 0 aliphatic carbocycles. The molecule has 0 saturated carbocycles. The number of nitrogens with one attached hydrogen (secondary N) is 2. The molecule has 1 heterocycles. The minimum atomic E-state index is 0.124. The second-order valence-electron chi connectivity index (χ2n) is 5.17. The average Bonchev–Trinajstić information content (AvgIpc) is 2.88. The van der Waals surface area contributed by atoms with Gasteiger partial charge in [0.15, 0.2) is 0 Å². The first-order valence-electron chi connectivity index (χ1n) is 7.46. The summed E-state index contributed by atoms with van der Waals surface area (Å²) >= 11 is 0. The second kappa shape index (κ2) is 7.08. The van der Waals surface area contributed by atoms with Crippen LogP contribution < -0.4 is 5.32 Å². The van der Waals surface area contributed by atoms with Crippen LogP contribution in [0.1, 0.15) is 45.4 Å². The lowest BCUT2D eigenvalue weighted by molar-refractivity contribution is -0.125. The van der Waals surface area contributed by atoms with Crippen LogP contribution in [0.3, 0.4) is 0 Å². The lowest BCUT2D eigenvalue weighted by atomic mass is 9.98. The largest absolute Gasteiger partial charge is 0.349 e. The molecule has 0 bridgehead atoms. The minimum Gasteiger partial charge on any atom is -0.349 e. The number of unbranched alkanes of at least 4 members (excludes halogenated alkanes) is 1. The van der Waals surface area contributed by atoms with E-state index in [-0.39, 0.29) is 11.8 Å². The molecule has 2 rings (SSSR count). The van der Waals surface area contributed by atoms with E-state index in [0.29, 0.717) is 6.54 Å². The summed E-state index contributed by atoms with van der Waals surface area (Å²) in [7, 11) is 0. The third-order valence-electron chi connectivity index (χ3n) is 3.64. The number of H-pyrrole nitrogens is 1. The van der Waals surface area contributed by atoms with Crippen LogP contribution in [0.25, 0.3) is 11.0 Å². The molecule has 0 saturated heterocycles. The Labute approximate surface area is 120 Å². The summed E-state index contributed by atoms with van der Waals surface area (Å²) in [5.41, 5.74) is 1.95. The zero-order valence-corrected chi connectivity index (χ0v) is 12.3. The van der Waals surface area contributed by atoms with Crippen LogP contribution in [0, 0.1) is 5.92 Å². The van der Waals surface area contributed by atoms with Crippen molar-refractivity contribution < 1.29 is 4.79 Å². The van der Waals surface area contributed by atoms with Gasteiger partial charge in [-0.2, -0.15) is 0 Å². The summed E-state index contributed by atoms with van der Waals surface area (Å²) in [6.45, 7) is 4.69. The van der Waals surface area contributed by atoms with E-state index in [9.17, 15) is 4.79 Å². The Hall–Kier alpha value is -1.84. The van der Waals surface area contributed by atoms with Gasteiger partial charge in [0.05, 0.1) is 17.6 Å². The van der Waals surface area contributed by atoms with E-state index in [1.165, 1.54) is 0 Å². The SMILES string of the molecule is CCCCC(CC)C(=O)NCc1nc2ccccc2[nH]1. The van der Waals surface area contributed by atoms with Gasteiger partial charge in [0.1, 0.15) is 5.82 Å². The predicted molar refractivity (Wildman–Crippen MR) is 81.2 cm³/mol. The van der Waals surface area contributed by atoms with Gasteiger partial charge in [-0.1, -0.05) is 38.8 Å². The number of fused-ring (bicyclic) bond motifs is 1. The van der Waals surface area contributed by atoms with E-state index in [0.717, 1.165) is 42.5 Å². The van der Waals surface area contributed by atoms with E-state index in [1.54, 1.807) is 0 Å². The molecule has 0 aliphatic heterocycles. The standard InChI is InChI=1S/C16H23N3O/c1-3-5-8-12(4-2)16(20)17-11-15-18-13-9-6-7-10-14(13)19-15/h6-7,9-10,12H,3-5,8,11H2,1-2H3,(H,17,20)(H,18,19). The minimum absolute atomic E-state index is 0.124. The maximum absolute atomic E-state index is 12.1. The van der Waals surface area contributed by atoms with Crippen LogP contribution in [0.2, 0.25) is 0 Å². The smallest absolute Gasteiger partial charge is 0.223 e. The van der Waals surface area contributed by atoms with E-state index in [2.05, 4.69) is 29.1 Å². The molecule has 2 aromatic rings. The van der Waals surface area contributed by atoms with Gasteiger partial charge in [0, 0.05) is 5.92 Å². The number of imidazole rings is 1. The van der Waals surface area contributed by atoms with E-state index >= 15 is 0 Å². The number of carbonyl (C=O) groups excluding carboxylic acids is 1. The van der Waals surface area contributed by atoms with E-state index in [4.69, 9.17) is 0 Å². The normalized spacial score (nSPS) is 12.5. The summed E-state index contributed by atoms with van der Waals surface area (Å²) in [5, 5.41) is 2.99. The Morgan fingerprint density at radius 3 is 2.85 bits per heavy atom. The van der Waals surface area contributed by atoms with Crippen LogP contribution in [-0.4, -0.2) is 15.9 Å². The summed E-state index contributed by atoms with van der Waals surface area (Å²) in [6, 6.07) is 7.89. The van der Waals surface area contributed by atoms with Gasteiger partial charge < -0.3 is 10.3 Å². The molecule has 0 spiro atoms. The topological polar surface area (TPSA) is 57.8 Å². The number of aromatic nitrogens is 2. The fourth-order valence-electron chi connectivity index (χ4n) is 2.38. The summed E-state index contributed by atoms with van der Waals surface area (Å²) in [6.07, 6.45) is 4.11. The Morgan fingerprint density at radius 1 is 1.35 bits per heavy atom. The highest BCUT2D eigenvalue weighted by Gasteiger charge is 2.15. The molecule has 2 N–H and O–H groups in total. The lowest BCUT2D eigenvalue weighted by Crippen LogP contribution is -2.30. The fraction of sp³-hybridized carbons (Fsp3) is 0.500. The number of carbonyl (C=O) groups is 1. The monoisotopic (exact) mass is 273 g/mol. The van der Waals surface area contributed by atoms with Crippen molar-refractivity contribution in [1.29, 1.82) is 0 Å². The number of hydrogen-bond donors (Lipinski definition) is 2. The third-order valence-corrected chi connectivity index (χ3v) is 3.64. The van der Waals surface area contributed by atoms with E-state index in [1.807, 2.05) is 24.3 Å². The molecule has 1 aromatic carbocycles. The van der Waals surface area contributed by atoms with Crippen molar-refractivity contribution in [3.8, 4) is 0 Å². The number of rotatable bonds is 7. The van der Waals surface area contributed by atoms with E-state index < -0.39 is 0 Å². The summed E-state index contributed by atoms with van der Waals surface area (Å²) in [4.78, 5) is 19.8. The first-order valence-corrected chi connectivity index (χ1v) is 7.46. The number of aromatic amines is 1. The fourth-order valence-corrected chi connectivity index (χ4v) is 2.38. The van der Waals surface area contributed by atoms with Crippen molar-refractivity contribution in [1.82, 2.24) is 15.3 Å². The highest BCUT2D eigenvalue weighted by Crippen LogP contribution is 2.13. The average molecular weight is 273 g/mol. The number of benzene rings is 1. The molecule has 0 fully saturated rings. The van der Waals surface area contributed by atoms with Crippen LogP contribution in [0.5, 0.6) is 0 Å². The highest BCUT2D eigenvalue weighted by molar-refractivity contribution is 5.79. The van der Waals surface area contributed by atoms with Crippen molar-refractivity contribution in [2.45, 2.75) is 46.1 Å². The highest BCUT2D eigenvalue weighted by atomic mass is 16.1. The molecule has 0 aliphatic rings. The number of amides is 1. The van der Waals surface area contributed by atoms with Crippen molar-refractivity contribution in [2.24, 2.45) is 5.92 Å². The van der Waals surface area contributed by atoms with Gasteiger partial charge in [-0.05, 0) is 25.0 Å². The number of hydrogen-bond acceptors (Lipinski definition) is 2. The molecule has 0 radical (unpaired) electrons. The maximum Gasteiger partial charge on any atom is 0.223 e. The molecule has 1 unspecified atom stereocenters. The molecule has 108 valence electrons. The van der Waals surface area contributed by atoms with Gasteiger partial charge in [-0.3, -0.25) is 4.79 Å². The van der Waals surface area contributed by atoms with Gasteiger partial charge in [-0.15, -0.1) is 0 Å². The van der Waals surface area contributed by atoms with Crippen LogP contribution in [0.15, 0.2) is 24.3 Å². The summed E-state index contributed by atoms with van der Waals surface area (Å²) < 4.78 is 0. The Morgan fingerprint density at radius 2 is 2.15 bits per heavy atom. The van der Waals surface area contributed by atoms with Gasteiger partial charge in [0.25, 0.3) is 0 Å². The van der Waals surface area contributed by atoms with Crippen molar-refractivity contribution in [3.63, 3.8) is 0 Å². The molecular weight excluding hydrogens is 250 g/mol. The van der Waals surface area contributed by atoms with Crippen molar-refractivity contribution in [2.75, 3.05) is 0 Å². The second-order valence-corrected chi connectivity index (χ2v) is 5.17. The molecule has 1 atom stereocenters. The maximum atomic E-state index is 12.1. The molecule has 4 heteroatoms. The molecule has 4 nitrogen and oxygen atoms in total. The molecular formula is C16H23N3O. The van der Waals surface area contributed by atoms with Crippen LogP contribution in [-0.2, 0) is 11.3 Å². The molecule has 1 amide bonds. The summed E-state index contributed by atoms with van der Waals surface area (Å²) in [5.74, 6) is 1.07. The molecule has 1 aromatic heterocycles. The Bertz CT molecular complexity index is 529. The first kappa shape index (κ1) is 14.6. The Balaban J connectivity index is 1.91. The number of nitrogens with zero attached hydrogens (tertiary/aromatic N) is 1. The van der Waals surface area contributed by atoms with Crippen molar-refractivity contribution >= 4 is 16.9 Å². The van der Waals surface area contributed by atoms with Gasteiger partial charge in [-0.25, -0.2) is 4.98 Å². The third kappa shape index (κ3) is 3.59. The molecule has 20 heavy (non-hydrogen) atoms. The zero-order valence-electron chi connectivity index (χ0n) is 12.3. The lowest BCUT2D eigenvalue weighted by Gasteiger charge is -2.13. The van der Waals surface area contributed by atoms with Gasteiger partial charge in [0.2, 0.25) is 5.91 Å². The quantitative estimate of drug-likeness (QED) is 0.812. The zero-order chi connectivity index (χ0) is 14.4. The van der Waals surface area contributed by atoms with Crippen LogP contribution >= 0.6 is 0 Å².